The molecule has 1 amide bonds. The van der Waals surface area contributed by atoms with Crippen LogP contribution in [0, 0.1) is 6.92 Å². The van der Waals surface area contributed by atoms with Crippen LogP contribution in [-0.4, -0.2) is 58.3 Å². The van der Waals surface area contributed by atoms with Gasteiger partial charge < -0.3 is 18.9 Å². The fourth-order valence-electron chi connectivity index (χ4n) is 4.22. The number of aromatic nitrogens is 5. The molecular formula is C25H19ClN6O5S. The van der Waals surface area contributed by atoms with E-state index in [2.05, 4.69) is 20.2 Å². The van der Waals surface area contributed by atoms with Crippen LogP contribution in [0.1, 0.15) is 5.56 Å². The van der Waals surface area contributed by atoms with Crippen molar-refractivity contribution >= 4 is 56.0 Å². The summed E-state index contributed by atoms with van der Waals surface area (Å²) in [5.74, 6) is 1.30. The third-order valence-corrected chi connectivity index (χ3v) is 7.26. The number of halogens is 1. The first-order valence-electron chi connectivity index (χ1n) is 11.3. The molecule has 0 saturated carbocycles. The first-order chi connectivity index (χ1) is 18.5. The van der Waals surface area contributed by atoms with Crippen LogP contribution >= 0.6 is 22.9 Å². The zero-order valence-electron chi connectivity index (χ0n) is 20.3. The number of hydrogen-bond acceptors (Lipinski definition) is 11. The fraction of sp³-hybridized carbons (Fsp3) is 0.200. The number of aryl methyl sites for hydroxylation is 1. The average Bonchev–Trinajstić information content (AvgIpc) is 3.39. The molecule has 3 aromatic heterocycles. The van der Waals surface area contributed by atoms with Gasteiger partial charge >= 0.3 is 6.09 Å². The van der Waals surface area contributed by atoms with Gasteiger partial charge in [-0.2, -0.15) is 10.2 Å². The summed E-state index contributed by atoms with van der Waals surface area (Å²) >= 11 is 8.07. The highest BCUT2D eigenvalue weighted by Gasteiger charge is 2.34. The Hall–Kier alpha value is -4.29. The Labute approximate surface area is 224 Å². The minimum Gasteiger partial charge on any atom is -0.482 e. The van der Waals surface area contributed by atoms with Gasteiger partial charge in [-0.05, 0) is 30.7 Å². The van der Waals surface area contributed by atoms with Crippen molar-refractivity contribution in [2.75, 3.05) is 25.7 Å². The first kappa shape index (κ1) is 24.1. The van der Waals surface area contributed by atoms with Crippen LogP contribution < -0.4 is 19.1 Å². The van der Waals surface area contributed by atoms with E-state index in [0.717, 1.165) is 11.1 Å². The van der Waals surface area contributed by atoms with Crippen molar-refractivity contribution in [1.29, 1.82) is 0 Å². The number of carbonyl (C=O) groups excluding carboxylic acids is 1. The SMILES string of the molecule is COC(=O)N(c1ccnnc1)[C@H]1COc2c(cc(Cl)c3nc(-c4cc(C)cc5nc(OC)cnc45)sc23)O1. The lowest BCUT2D eigenvalue weighted by molar-refractivity contribution is 0.0833. The molecule has 38 heavy (non-hydrogen) atoms. The second kappa shape index (κ2) is 9.54. The van der Waals surface area contributed by atoms with Crippen molar-refractivity contribution in [1.82, 2.24) is 25.1 Å². The largest absolute Gasteiger partial charge is 0.482 e. The van der Waals surface area contributed by atoms with Gasteiger partial charge in [0.25, 0.3) is 0 Å². The van der Waals surface area contributed by atoms with Crippen LogP contribution in [0.25, 0.3) is 31.8 Å². The third kappa shape index (κ3) is 4.07. The molecule has 0 fully saturated rings. The maximum absolute atomic E-state index is 12.6. The molecule has 1 atom stereocenters. The Bertz CT molecular complexity index is 1700. The molecule has 6 rings (SSSR count). The number of benzene rings is 2. The number of thiazole rings is 1. The summed E-state index contributed by atoms with van der Waals surface area (Å²) in [4.78, 5) is 27.8. The molecule has 0 saturated heterocycles. The lowest BCUT2D eigenvalue weighted by atomic mass is 10.1. The smallest absolute Gasteiger partial charge is 0.417 e. The molecule has 11 nitrogen and oxygen atoms in total. The highest BCUT2D eigenvalue weighted by molar-refractivity contribution is 7.22. The summed E-state index contributed by atoms with van der Waals surface area (Å²) < 4.78 is 23.3. The van der Waals surface area contributed by atoms with E-state index in [9.17, 15) is 4.79 Å². The Morgan fingerprint density at radius 3 is 2.79 bits per heavy atom. The van der Waals surface area contributed by atoms with E-state index in [1.165, 1.54) is 35.7 Å². The zero-order valence-corrected chi connectivity index (χ0v) is 21.9. The quantitative estimate of drug-likeness (QED) is 0.301. The second-order valence-electron chi connectivity index (χ2n) is 8.30. The summed E-state index contributed by atoms with van der Waals surface area (Å²) in [5.41, 5.74) is 4.23. The summed E-state index contributed by atoms with van der Waals surface area (Å²) in [5, 5.41) is 8.69. The van der Waals surface area contributed by atoms with Gasteiger partial charge in [0.1, 0.15) is 21.8 Å². The molecule has 0 radical (unpaired) electrons. The predicted octanol–water partition coefficient (Wildman–Crippen LogP) is 5.04. The Morgan fingerprint density at radius 1 is 1.16 bits per heavy atom. The normalized spacial score (nSPS) is 14.5. The van der Waals surface area contributed by atoms with Crippen LogP contribution in [0.2, 0.25) is 5.02 Å². The summed E-state index contributed by atoms with van der Waals surface area (Å²) in [6.07, 6.45) is 3.02. The number of ether oxygens (including phenoxy) is 4. The molecule has 5 aromatic rings. The van der Waals surface area contributed by atoms with Crippen molar-refractivity contribution in [3.8, 4) is 28.0 Å². The van der Waals surface area contributed by atoms with Gasteiger partial charge in [-0.1, -0.05) is 11.6 Å². The molecule has 192 valence electrons. The minimum atomic E-state index is -0.828. The number of fused-ring (bicyclic) bond motifs is 4. The maximum Gasteiger partial charge on any atom is 0.417 e. The zero-order chi connectivity index (χ0) is 26.4. The van der Waals surface area contributed by atoms with Crippen molar-refractivity contribution in [2.24, 2.45) is 0 Å². The number of rotatable bonds is 4. The lowest BCUT2D eigenvalue weighted by Crippen LogP contribution is -2.49. The van der Waals surface area contributed by atoms with Crippen molar-refractivity contribution in [3.05, 3.63) is 53.4 Å². The highest BCUT2D eigenvalue weighted by atomic mass is 35.5. The molecule has 2 aromatic carbocycles. The van der Waals surface area contributed by atoms with Crippen LogP contribution in [0.3, 0.4) is 0 Å². The van der Waals surface area contributed by atoms with E-state index in [4.69, 9.17) is 35.5 Å². The predicted molar refractivity (Wildman–Crippen MR) is 141 cm³/mol. The highest BCUT2D eigenvalue weighted by Crippen LogP contribution is 2.47. The van der Waals surface area contributed by atoms with E-state index >= 15 is 0 Å². The topological polar surface area (TPSA) is 122 Å². The van der Waals surface area contributed by atoms with Crippen molar-refractivity contribution < 1.29 is 23.7 Å². The van der Waals surface area contributed by atoms with E-state index in [1.54, 1.807) is 25.4 Å². The summed E-state index contributed by atoms with van der Waals surface area (Å²) in [7, 11) is 2.84. The van der Waals surface area contributed by atoms with Crippen LogP contribution in [0.15, 0.2) is 42.9 Å². The van der Waals surface area contributed by atoms with Crippen molar-refractivity contribution in [2.45, 2.75) is 13.2 Å². The molecule has 0 bridgehead atoms. The molecule has 0 unspecified atom stereocenters. The second-order valence-corrected chi connectivity index (χ2v) is 9.71. The van der Waals surface area contributed by atoms with Gasteiger partial charge in [-0.25, -0.2) is 24.6 Å². The molecular weight excluding hydrogens is 532 g/mol. The fourth-order valence-corrected chi connectivity index (χ4v) is 5.61. The van der Waals surface area contributed by atoms with Gasteiger partial charge in [0.15, 0.2) is 11.5 Å². The monoisotopic (exact) mass is 550 g/mol. The van der Waals surface area contributed by atoms with E-state index in [0.29, 0.717) is 54.3 Å². The number of hydrogen-bond donors (Lipinski definition) is 0. The standard InChI is InChI=1S/C25H19ClN6O5S/c1-12-6-14(20-16(7-12)30-18(34-2)10-27-20)24-31-21-15(26)8-17-22(23(21)38-24)36-11-19(37-17)32(25(33)35-3)13-4-5-28-29-9-13/h4-10,19H,11H2,1-3H3/t19-/m1/s1. The molecule has 0 spiro atoms. The number of anilines is 1. The number of methoxy groups -OCH3 is 2. The minimum absolute atomic E-state index is 0.0348. The number of carbonyl (C=O) groups is 1. The van der Waals surface area contributed by atoms with E-state index < -0.39 is 12.3 Å². The Balaban J connectivity index is 1.42. The Morgan fingerprint density at radius 2 is 2.03 bits per heavy atom. The molecule has 1 aliphatic heterocycles. The molecule has 0 aliphatic carbocycles. The molecule has 4 heterocycles. The lowest BCUT2D eigenvalue weighted by Gasteiger charge is -2.34. The Kier molecular flexibility index (Phi) is 6.04. The number of amides is 1. The summed E-state index contributed by atoms with van der Waals surface area (Å²) in [6, 6.07) is 7.21. The van der Waals surface area contributed by atoms with Crippen LogP contribution in [-0.2, 0) is 4.74 Å². The van der Waals surface area contributed by atoms with Gasteiger partial charge in [-0.3, -0.25) is 0 Å². The van der Waals surface area contributed by atoms with Gasteiger partial charge in [0.05, 0.1) is 54.6 Å². The van der Waals surface area contributed by atoms with E-state index in [1.807, 2.05) is 19.1 Å². The third-order valence-electron chi connectivity index (χ3n) is 5.89. The number of nitrogens with zero attached hydrogens (tertiary/aromatic N) is 6. The van der Waals surface area contributed by atoms with Crippen LogP contribution in [0.4, 0.5) is 10.5 Å². The average molecular weight is 551 g/mol. The maximum atomic E-state index is 12.6. The van der Waals surface area contributed by atoms with Gasteiger partial charge in [0, 0.05) is 11.6 Å². The van der Waals surface area contributed by atoms with Crippen molar-refractivity contribution in [3.63, 3.8) is 0 Å². The molecule has 13 heteroatoms. The van der Waals surface area contributed by atoms with Gasteiger partial charge in [-0.15, -0.1) is 11.3 Å². The molecule has 0 N–H and O–H groups in total. The first-order valence-corrected chi connectivity index (χ1v) is 12.5. The van der Waals surface area contributed by atoms with E-state index in [-0.39, 0.29) is 6.61 Å². The van der Waals surface area contributed by atoms with Gasteiger partial charge in [0.2, 0.25) is 12.1 Å². The summed E-state index contributed by atoms with van der Waals surface area (Å²) in [6.45, 7) is 2.02. The van der Waals surface area contributed by atoms with Crippen LogP contribution in [0.5, 0.6) is 17.4 Å². The molecule has 1 aliphatic rings.